The molecule has 0 bridgehead atoms. The lowest BCUT2D eigenvalue weighted by atomic mass is 10.2. The molecule has 0 saturated heterocycles. The highest BCUT2D eigenvalue weighted by Crippen LogP contribution is 1.93. The number of rotatable bonds is 4. The number of aliphatic carboxylic acids is 2. The average Bonchev–Trinajstić information content (AvgIpc) is 2.49. The van der Waals surface area contributed by atoms with Gasteiger partial charge >= 0.3 is 11.9 Å². The van der Waals surface area contributed by atoms with Gasteiger partial charge in [-0.25, -0.2) is 19.9 Å². The van der Waals surface area contributed by atoms with E-state index in [1.165, 1.54) is 0 Å². The summed E-state index contributed by atoms with van der Waals surface area (Å²) in [4.78, 5) is 34.2. The van der Waals surface area contributed by atoms with E-state index in [9.17, 15) is 9.59 Å². The Labute approximate surface area is 132 Å². The summed E-state index contributed by atoms with van der Waals surface area (Å²) in [5.74, 6) is -1.25. The Kier molecular flexibility index (Phi) is 10.7. The summed E-state index contributed by atoms with van der Waals surface area (Å²) in [5.41, 5.74) is 10.3. The fraction of sp³-hybridized carbons (Fsp3) is 0.231. The number of carboxylic acid groups (broad SMARTS) is 2. The monoisotopic (exact) mass is 322 g/mol. The predicted octanol–water partition coefficient (Wildman–Crippen LogP) is 0.443. The van der Waals surface area contributed by atoms with Gasteiger partial charge in [-0.15, -0.1) is 0 Å². The summed E-state index contributed by atoms with van der Waals surface area (Å²) < 4.78 is 0. The van der Waals surface area contributed by atoms with Crippen molar-refractivity contribution < 1.29 is 19.8 Å². The number of carboxylic acids is 2. The number of aromatic nitrogens is 4. The van der Waals surface area contributed by atoms with Crippen LogP contribution in [0.2, 0.25) is 0 Å². The molecule has 0 aromatic carbocycles. The van der Waals surface area contributed by atoms with Crippen LogP contribution in [0.1, 0.15) is 19.3 Å². The first-order valence-corrected chi connectivity index (χ1v) is 6.40. The van der Waals surface area contributed by atoms with Crippen molar-refractivity contribution in [3.63, 3.8) is 0 Å². The van der Waals surface area contributed by atoms with Gasteiger partial charge in [-0.1, -0.05) is 0 Å². The van der Waals surface area contributed by atoms with Gasteiger partial charge in [0.2, 0.25) is 11.9 Å². The van der Waals surface area contributed by atoms with Crippen molar-refractivity contribution in [3.05, 3.63) is 36.9 Å². The Balaban J connectivity index is 0.000000318. The second-order valence-electron chi connectivity index (χ2n) is 3.86. The Bertz CT molecular complexity index is 516. The van der Waals surface area contributed by atoms with E-state index in [0.29, 0.717) is 11.9 Å². The molecule has 2 aromatic rings. The van der Waals surface area contributed by atoms with Crippen molar-refractivity contribution in [1.82, 2.24) is 19.9 Å². The van der Waals surface area contributed by atoms with Crippen LogP contribution in [-0.4, -0.2) is 42.1 Å². The zero-order chi connectivity index (χ0) is 17.5. The lowest BCUT2D eigenvalue weighted by molar-refractivity contribution is -0.138. The Morgan fingerprint density at radius 2 is 1.09 bits per heavy atom. The van der Waals surface area contributed by atoms with Crippen molar-refractivity contribution in [2.24, 2.45) is 0 Å². The van der Waals surface area contributed by atoms with Gasteiger partial charge in [0, 0.05) is 37.6 Å². The number of anilines is 2. The summed E-state index contributed by atoms with van der Waals surface area (Å²) >= 11 is 0. The largest absolute Gasteiger partial charge is 0.481 e. The number of carbonyl (C=O) groups is 2. The second-order valence-corrected chi connectivity index (χ2v) is 3.86. The topological polar surface area (TPSA) is 178 Å². The number of hydrogen-bond donors (Lipinski definition) is 4. The van der Waals surface area contributed by atoms with E-state index in [1.54, 1.807) is 36.9 Å². The van der Waals surface area contributed by atoms with Crippen molar-refractivity contribution >= 4 is 23.8 Å². The minimum atomic E-state index is -0.948. The molecule has 0 aliphatic heterocycles. The minimum Gasteiger partial charge on any atom is -0.481 e. The number of hydrogen-bond acceptors (Lipinski definition) is 8. The van der Waals surface area contributed by atoms with Crippen LogP contribution in [0, 0.1) is 0 Å². The van der Waals surface area contributed by atoms with Crippen LogP contribution in [0.3, 0.4) is 0 Å². The normalized spacial score (nSPS) is 8.70. The highest BCUT2D eigenvalue weighted by molar-refractivity contribution is 5.69. The third-order valence-corrected chi connectivity index (χ3v) is 1.95. The summed E-state index contributed by atoms with van der Waals surface area (Å²) in [6.07, 6.45) is 6.48. The standard InChI is InChI=1S/C5H8O4.2C4H5N3/c6-4(7)2-1-3-5(8)9;2*5-4-6-2-1-3-7-4/h1-3H2,(H,6,7)(H,8,9);2*1-3H,(H2,5,6,7). The molecule has 0 atom stereocenters. The van der Waals surface area contributed by atoms with Crippen LogP contribution in [-0.2, 0) is 9.59 Å². The molecule has 2 aromatic heterocycles. The van der Waals surface area contributed by atoms with Crippen LogP contribution in [0.5, 0.6) is 0 Å². The Morgan fingerprint density at radius 3 is 1.26 bits per heavy atom. The van der Waals surface area contributed by atoms with Gasteiger partial charge in [0.05, 0.1) is 0 Å². The Hall–Kier alpha value is -3.30. The molecule has 0 aliphatic carbocycles. The molecule has 10 heteroatoms. The van der Waals surface area contributed by atoms with Crippen LogP contribution < -0.4 is 11.5 Å². The molecule has 23 heavy (non-hydrogen) atoms. The molecule has 124 valence electrons. The molecule has 0 fully saturated rings. The SMILES string of the molecule is Nc1ncccn1.Nc1ncccn1.O=C(O)CCCC(=O)O. The van der Waals surface area contributed by atoms with E-state index in [0.717, 1.165) is 0 Å². The molecule has 6 N–H and O–H groups in total. The molecular weight excluding hydrogens is 304 g/mol. The molecule has 0 spiro atoms. The third-order valence-electron chi connectivity index (χ3n) is 1.95. The zero-order valence-corrected chi connectivity index (χ0v) is 12.2. The van der Waals surface area contributed by atoms with Crippen molar-refractivity contribution in [2.75, 3.05) is 11.5 Å². The van der Waals surface area contributed by atoms with Gasteiger partial charge in [0.25, 0.3) is 0 Å². The molecule has 0 saturated carbocycles. The number of nitrogens with two attached hydrogens (primary N) is 2. The van der Waals surface area contributed by atoms with Gasteiger partial charge in [0.1, 0.15) is 0 Å². The van der Waals surface area contributed by atoms with Gasteiger partial charge in [-0.05, 0) is 18.6 Å². The lowest BCUT2D eigenvalue weighted by Gasteiger charge is -1.89. The number of nitrogens with zero attached hydrogens (tertiary/aromatic N) is 4. The predicted molar refractivity (Wildman–Crippen MR) is 82.0 cm³/mol. The summed E-state index contributed by atoms with van der Waals surface area (Å²) in [6, 6.07) is 3.44. The van der Waals surface area contributed by atoms with Crippen molar-refractivity contribution in [3.8, 4) is 0 Å². The van der Waals surface area contributed by atoms with Gasteiger partial charge in [-0.2, -0.15) is 0 Å². The smallest absolute Gasteiger partial charge is 0.303 e. The summed E-state index contributed by atoms with van der Waals surface area (Å²) in [6.45, 7) is 0. The molecule has 10 nitrogen and oxygen atoms in total. The first kappa shape index (κ1) is 19.7. The fourth-order valence-corrected chi connectivity index (χ4v) is 1.01. The molecule has 0 aliphatic rings. The first-order valence-electron chi connectivity index (χ1n) is 6.40. The molecule has 2 heterocycles. The molecule has 0 unspecified atom stereocenters. The molecule has 0 radical (unpaired) electrons. The quantitative estimate of drug-likeness (QED) is 0.617. The van der Waals surface area contributed by atoms with E-state index in [2.05, 4.69) is 19.9 Å². The third kappa shape index (κ3) is 14.9. The summed E-state index contributed by atoms with van der Waals surface area (Å²) in [7, 11) is 0. The van der Waals surface area contributed by atoms with Gasteiger partial charge < -0.3 is 21.7 Å². The van der Waals surface area contributed by atoms with Gasteiger partial charge in [-0.3, -0.25) is 9.59 Å². The number of nitrogen functional groups attached to an aromatic ring is 2. The zero-order valence-electron chi connectivity index (χ0n) is 12.2. The maximum absolute atomic E-state index is 9.79. The highest BCUT2D eigenvalue weighted by Gasteiger charge is 1.99. The van der Waals surface area contributed by atoms with E-state index in [1.807, 2.05) is 0 Å². The lowest BCUT2D eigenvalue weighted by Crippen LogP contribution is -1.98. The average molecular weight is 322 g/mol. The molecule has 2 rings (SSSR count). The maximum atomic E-state index is 9.79. The molecular formula is C13H18N6O4. The van der Waals surface area contributed by atoms with E-state index in [-0.39, 0.29) is 19.3 Å². The fourth-order valence-electron chi connectivity index (χ4n) is 1.01. The van der Waals surface area contributed by atoms with Crippen LogP contribution in [0.4, 0.5) is 11.9 Å². The van der Waals surface area contributed by atoms with Crippen molar-refractivity contribution in [1.29, 1.82) is 0 Å². The van der Waals surface area contributed by atoms with E-state index in [4.69, 9.17) is 21.7 Å². The summed E-state index contributed by atoms with van der Waals surface area (Å²) in [5, 5.41) is 16.1. The Morgan fingerprint density at radius 1 is 0.783 bits per heavy atom. The van der Waals surface area contributed by atoms with Crippen LogP contribution in [0.15, 0.2) is 36.9 Å². The van der Waals surface area contributed by atoms with Gasteiger partial charge in [0.15, 0.2) is 0 Å². The van der Waals surface area contributed by atoms with E-state index >= 15 is 0 Å². The van der Waals surface area contributed by atoms with Crippen molar-refractivity contribution in [2.45, 2.75) is 19.3 Å². The maximum Gasteiger partial charge on any atom is 0.303 e. The highest BCUT2D eigenvalue weighted by atomic mass is 16.4. The molecule has 0 amide bonds. The minimum absolute atomic E-state index is 0.0632. The van der Waals surface area contributed by atoms with E-state index < -0.39 is 11.9 Å². The van der Waals surface area contributed by atoms with Crippen LogP contribution >= 0.6 is 0 Å². The first-order chi connectivity index (χ1) is 10.9. The second kappa shape index (κ2) is 12.4. The van der Waals surface area contributed by atoms with Crippen LogP contribution in [0.25, 0.3) is 0 Å².